The molecule has 0 radical (unpaired) electrons. The van der Waals surface area contributed by atoms with Gasteiger partial charge in [0.2, 0.25) is 0 Å². The monoisotopic (exact) mass is 277 g/mol. The van der Waals surface area contributed by atoms with Crippen LogP contribution in [-0.4, -0.2) is 36.3 Å². The average molecular weight is 277 g/mol. The zero-order chi connectivity index (χ0) is 13.4. The molecule has 1 saturated heterocycles. The lowest BCUT2D eigenvalue weighted by molar-refractivity contribution is 0.121. The maximum absolute atomic E-state index is 5.88. The number of methoxy groups -OCH3 is 1. The molecule has 0 saturated carbocycles. The summed E-state index contributed by atoms with van der Waals surface area (Å²) in [7, 11) is 1.76. The van der Waals surface area contributed by atoms with Gasteiger partial charge in [0.05, 0.1) is 11.7 Å². The Bertz CT molecular complexity index is 518. The van der Waals surface area contributed by atoms with Crippen LogP contribution >= 0.6 is 12.2 Å². The number of nitrogens with two attached hydrogens (primary N) is 1. The predicted molar refractivity (Wildman–Crippen MR) is 79.8 cm³/mol. The van der Waals surface area contributed by atoms with Crippen molar-refractivity contribution in [2.75, 3.05) is 25.1 Å². The minimum atomic E-state index is 0.286. The van der Waals surface area contributed by atoms with E-state index in [9.17, 15) is 0 Å². The van der Waals surface area contributed by atoms with E-state index in [2.05, 4.69) is 11.0 Å². The number of anilines is 1. The lowest BCUT2D eigenvalue weighted by Crippen LogP contribution is -2.27. The van der Waals surface area contributed by atoms with Gasteiger partial charge in [0.15, 0.2) is 0 Å². The summed E-state index contributed by atoms with van der Waals surface area (Å²) >= 11 is 5.19. The van der Waals surface area contributed by atoms with Crippen LogP contribution in [0.15, 0.2) is 6.07 Å². The third kappa shape index (κ3) is 2.32. The predicted octanol–water partition coefficient (Wildman–Crippen LogP) is 1.43. The van der Waals surface area contributed by atoms with E-state index in [1.54, 1.807) is 7.11 Å². The molecule has 2 heterocycles. The first-order chi connectivity index (χ1) is 9.19. The zero-order valence-corrected chi connectivity index (χ0v) is 12.0. The Balaban J connectivity index is 1.98. The smallest absolute Gasteiger partial charge is 0.139 e. The van der Waals surface area contributed by atoms with Crippen LogP contribution in [0, 0.1) is 0 Å². The largest absolute Gasteiger partial charge is 0.389 e. The van der Waals surface area contributed by atoms with Gasteiger partial charge >= 0.3 is 0 Å². The van der Waals surface area contributed by atoms with Crippen molar-refractivity contribution in [3.05, 3.63) is 22.9 Å². The molecular formula is C14H19N3OS. The fraction of sp³-hybridized carbons (Fsp3) is 0.571. The second-order valence-corrected chi connectivity index (χ2v) is 5.72. The van der Waals surface area contributed by atoms with Crippen molar-refractivity contribution < 1.29 is 4.74 Å². The molecule has 102 valence electrons. The van der Waals surface area contributed by atoms with E-state index in [4.69, 9.17) is 27.7 Å². The topological polar surface area (TPSA) is 51.4 Å². The van der Waals surface area contributed by atoms with E-state index in [1.807, 2.05) is 0 Å². The molecule has 0 bridgehead atoms. The van der Waals surface area contributed by atoms with Gasteiger partial charge in [-0.3, -0.25) is 0 Å². The van der Waals surface area contributed by atoms with E-state index < -0.39 is 0 Å². The maximum Gasteiger partial charge on any atom is 0.139 e. The van der Waals surface area contributed by atoms with Gasteiger partial charge in [-0.25, -0.2) is 4.98 Å². The number of nitrogens with zero attached hydrogens (tertiary/aromatic N) is 2. The Kier molecular flexibility index (Phi) is 3.41. The third-order valence-electron chi connectivity index (χ3n) is 4.07. The molecule has 0 spiro atoms. The normalized spacial score (nSPS) is 21.7. The summed E-state index contributed by atoms with van der Waals surface area (Å²) in [5, 5.41) is 0. The zero-order valence-electron chi connectivity index (χ0n) is 11.2. The SMILES string of the molecule is COC1CCN(c2nc3c(cc2C(N)=S)CCC3)C1. The highest BCUT2D eigenvalue weighted by Crippen LogP contribution is 2.29. The van der Waals surface area contributed by atoms with Crippen LogP contribution in [0.25, 0.3) is 0 Å². The molecule has 1 aliphatic heterocycles. The summed E-state index contributed by atoms with van der Waals surface area (Å²) in [5.74, 6) is 0.952. The molecule has 2 N–H and O–H groups in total. The van der Waals surface area contributed by atoms with Crippen molar-refractivity contribution in [2.24, 2.45) is 5.73 Å². The van der Waals surface area contributed by atoms with Gasteiger partial charge in [0.1, 0.15) is 10.8 Å². The minimum absolute atomic E-state index is 0.286. The van der Waals surface area contributed by atoms with Crippen molar-refractivity contribution in [3.63, 3.8) is 0 Å². The molecule has 2 aliphatic rings. The van der Waals surface area contributed by atoms with E-state index >= 15 is 0 Å². The van der Waals surface area contributed by atoms with E-state index in [0.29, 0.717) is 4.99 Å². The number of aryl methyl sites for hydroxylation is 2. The molecule has 5 heteroatoms. The Morgan fingerprint density at radius 2 is 2.37 bits per heavy atom. The molecule has 1 unspecified atom stereocenters. The fourth-order valence-electron chi connectivity index (χ4n) is 3.00. The van der Waals surface area contributed by atoms with E-state index in [-0.39, 0.29) is 6.10 Å². The summed E-state index contributed by atoms with van der Waals surface area (Å²) in [6.07, 6.45) is 4.67. The highest BCUT2D eigenvalue weighted by molar-refractivity contribution is 7.80. The summed E-state index contributed by atoms with van der Waals surface area (Å²) in [6.45, 7) is 1.83. The van der Waals surface area contributed by atoms with Crippen molar-refractivity contribution >= 4 is 23.0 Å². The molecule has 3 rings (SSSR count). The molecular weight excluding hydrogens is 258 g/mol. The minimum Gasteiger partial charge on any atom is -0.389 e. The first-order valence-electron chi connectivity index (χ1n) is 6.79. The number of pyridine rings is 1. The molecule has 4 nitrogen and oxygen atoms in total. The Morgan fingerprint density at radius 3 is 3.05 bits per heavy atom. The molecule has 1 aromatic heterocycles. The van der Waals surface area contributed by atoms with Crippen LogP contribution in [0.5, 0.6) is 0 Å². The molecule has 1 atom stereocenters. The summed E-state index contributed by atoms with van der Waals surface area (Å²) in [6, 6.07) is 2.15. The number of hydrogen-bond acceptors (Lipinski definition) is 4. The number of hydrogen-bond donors (Lipinski definition) is 1. The van der Waals surface area contributed by atoms with Crippen LogP contribution in [0.2, 0.25) is 0 Å². The van der Waals surface area contributed by atoms with E-state index in [1.165, 1.54) is 17.7 Å². The van der Waals surface area contributed by atoms with Crippen LogP contribution in [0.3, 0.4) is 0 Å². The molecule has 1 aliphatic carbocycles. The summed E-state index contributed by atoms with van der Waals surface area (Å²) < 4.78 is 5.42. The standard InChI is InChI=1S/C14H19N3OS/c1-18-10-5-6-17(8-10)14-11(13(15)19)7-9-3-2-4-12(9)16-14/h7,10H,2-6,8H2,1H3,(H2,15,19). The summed E-state index contributed by atoms with van der Waals surface area (Å²) in [5.41, 5.74) is 9.33. The lowest BCUT2D eigenvalue weighted by Gasteiger charge is -2.21. The maximum atomic E-state index is 5.88. The van der Waals surface area contributed by atoms with Crippen LogP contribution in [0.4, 0.5) is 5.82 Å². The van der Waals surface area contributed by atoms with Crippen molar-refractivity contribution in [3.8, 4) is 0 Å². The summed E-state index contributed by atoms with van der Waals surface area (Å²) in [4.78, 5) is 7.52. The Hall–Kier alpha value is -1.20. The fourth-order valence-corrected chi connectivity index (χ4v) is 3.15. The number of ether oxygens (including phenoxy) is 1. The van der Waals surface area contributed by atoms with Crippen LogP contribution < -0.4 is 10.6 Å². The molecule has 0 amide bonds. The van der Waals surface area contributed by atoms with Crippen molar-refractivity contribution in [2.45, 2.75) is 31.8 Å². The first-order valence-corrected chi connectivity index (χ1v) is 7.20. The van der Waals surface area contributed by atoms with Crippen LogP contribution in [-0.2, 0) is 17.6 Å². The third-order valence-corrected chi connectivity index (χ3v) is 4.29. The highest BCUT2D eigenvalue weighted by atomic mass is 32.1. The number of thiocarbonyl (C=S) groups is 1. The van der Waals surface area contributed by atoms with E-state index in [0.717, 1.165) is 43.7 Å². The number of fused-ring (bicyclic) bond motifs is 1. The number of aromatic nitrogens is 1. The molecule has 1 aromatic rings. The molecule has 19 heavy (non-hydrogen) atoms. The lowest BCUT2D eigenvalue weighted by atomic mass is 10.1. The van der Waals surface area contributed by atoms with Gasteiger partial charge in [-0.1, -0.05) is 12.2 Å². The second kappa shape index (κ2) is 5.06. The Labute approximate surface area is 118 Å². The van der Waals surface area contributed by atoms with Crippen molar-refractivity contribution in [1.29, 1.82) is 0 Å². The second-order valence-electron chi connectivity index (χ2n) is 5.28. The Morgan fingerprint density at radius 1 is 1.53 bits per heavy atom. The highest BCUT2D eigenvalue weighted by Gasteiger charge is 2.27. The quantitative estimate of drug-likeness (QED) is 0.847. The molecule has 1 fully saturated rings. The van der Waals surface area contributed by atoms with Gasteiger partial charge in [-0.15, -0.1) is 0 Å². The van der Waals surface area contributed by atoms with Crippen molar-refractivity contribution in [1.82, 2.24) is 4.98 Å². The van der Waals surface area contributed by atoms with Gasteiger partial charge < -0.3 is 15.4 Å². The van der Waals surface area contributed by atoms with Gasteiger partial charge in [0.25, 0.3) is 0 Å². The number of rotatable bonds is 3. The average Bonchev–Trinajstić information content (AvgIpc) is 3.05. The van der Waals surface area contributed by atoms with Gasteiger partial charge in [-0.05, 0) is 37.3 Å². The van der Waals surface area contributed by atoms with Gasteiger partial charge in [0, 0.05) is 25.9 Å². The molecule has 0 aromatic carbocycles. The van der Waals surface area contributed by atoms with Gasteiger partial charge in [-0.2, -0.15) is 0 Å². The van der Waals surface area contributed by atoms with Crippen LogP contribution in [0.1, 0.15) is 29.7 Å². The first kappa shape index (κ1) is 12.8.